The van der Waals surface area contributed by atoms with E-state index in [2.05, 4.69) is 113 Å². The topological polar surface area (TPSA) is 70.1 Å². The maximum atomic E-state index is 9.19. The number of hydrogen-bond acceptors (Lipinski definition) is 5. The molecule has 1 N–H and O–H groups in total. The third-order valence-corrected chi connectivity index (χ3v) is 5.82. The quantitative estimate of drug-likeness (QED) is 0.424. The van der Waals surface area contributed by atoms with Gasteiger partial charge in [-0.25, -0.2) is 0 Å². The predicted octanol–water partition coefficient (Wildman–Crippen LogP) is 4.67. The lowest BCUT2D eigenvalue weighted by molar-refractivity contribution is 0.0502. The average molecular weight is 509 g/mol. The van der Waals surface area contributed by atoms with Gasteiger partial charge < -0.3 is 9.64 Å². The lowest BCUT2D eigenvalue weighted by Gasteiger charge is -2.34. The molecule has 0 unspecified atom stereocenters. The van der Waals surface area contributed by atoms with Gasteiger partial charge in [-0.05, 0) is 29.3 Å². The number of ether oxygens (including phenoxy) is 1. The summed E-state index contributed by atoms with van der Waals surface area (Å²) >= 11 is 0. The Balaban J connectivity index is 0.000000658. The van der Waals surface area contributed by atoms with Crippen molar-refractivity contribution >= 4 is 10.1 Å². The molecule has 1 aliphatic rings. The molecular weight excluding hydrogens is 472 g/mol. The Morgan fingerprint density at radius 2 is 1.31 bits per heavy atom. The Hall–Kier alpha value is -2.97. The zero-order valence-corrected chi connectivity index (χ0v) is 21.6. The minimum Gasteiger partial charge on any atom is -0.375 e. The Morgan fingerprint density at radius 3 is 1.81 bits per heavy atom. The summed E-state index contributed by atoms with van der Waals surface area (Å²) in [5, 5.41) is 0. The molecular formula is C29H36N2O4S. The van der Waals surface area contributed by atoms with Crippen LogP contribution in [-0.2, 0) is 21.3 Å². The van der Waals surface area contributed by atoms with E-state index < -0.39 is 10.1 Å². The fourth-order valence-electron chi connectivity index (χ4n) is 4.03. The van der Waals surface area contributed by atoms with E-state index in [0.29, 0.717) is 6.26 Å². The maximum absolute atomic E-state index is 9.19. The Kier molecular flexibility index (Phi) is 11.2. The van der Waals surface area contributed by atoms with Crippen LogP contribution >= 0.6 is 0 Å². The molecule has 0 radical (unpaired) electrons. The zero-order chi connectivity index (χ0) is 25.6. The molecule has 36 heavy (non-hydrogen) atoms. The fraction of sp³-hybridized carbons (Fsp3) is 0.310. The van der Waals surface area contributed by atoms with Crippen LogP contribution in [0.3, 0.4) is 0 Å². The summed E-state index contributed by atoms with van der Waals surface area (Å²) in [7, 11) is -3.67. The van der Waals surface area contributed by atoms with Crippen LogP contribution in [0, 0.1) is 0 Å². The second-order valence-electron chi connectivity index (χ2n) is 8.76. The standard InChI is InChI=1S/C28H32N2O.CH4O3S/c1-4-11-25(12-5-1)13-10-18-29-19-21-30(22-20-29)23-24-31-28(26-14-6-2-7-15-26)27-16-8-3-9-17-27;1-5(2,3)4/h1-12,14-18,28H,13,19-24H2;1H3,(H,2,3,4)/b18-10+;. The molecule has 1 heterocycles. The van der Waals surface area contributed by atoms with Crippen molar-refractivity contribution in [2.75, 3.05) is 45.6 Å². The van der Waals surface area contributed by atoms with Crippen molar-refractivity contribution in [1.29, 1.82) is 0 Å². The van der Waals surface area contributed by atoms with Crippen molar-refractivity contribution < 1.29 is 17.7 Å². The van der Waals surface area contributed by atoms with E-state index in [9.17, 15) is 8.42 Å². The van der Waals surface area contributed by atoms with E-state index >= 15 is 0 Å². The Bertz CT molecular complexity index is 1080. The zero-order valence-electron chi connectivity index (χ0n) is 20.8. The lowest BCUT2D eigenvalue weighted by Crippen LogP contribution is -2.45. The van der Waals surface area contributed by atoms with Crippen LogP contribution < -0.4 is 0 Å². The third kappa shape index (κ3) is 10.7. The molecule has 0 saturated carbocycles. The Morgan fingerprint density at radius 1 is 0.833 bits per heavy atom. The first-order chi connectivity index (χ1) is 17.4. The smallest absolute Gasteiger partial charge is 0.261 e. The molecule has 7 heteroatoms. The Labute approximate surface area is 215 Å². The predicted molar refractivity (Wildman–Crippen MR) is 145 cm³/mol. The molecule has 3 aromatic rings. The SMILES string of the molecule is C(=C\N1CCN(CCOC(c2ccccc2)c2ccccc2)CC1)/Cc1ccccc1.CS(=O)(=O)O. The van der Waals surface area contributed by atoms with Gasteiger partial charge >= 0.3 is 0 Å². The first kappa shape index (κ1) is 27.6. The lowest BCUT2D eigenvalue weighted by atomic mass is 10.0. The normalized spacial score (nSPS) is 14.6. The van der Waals surface area contributed by atoms with E-state index in [1.54, 1.807) is 0 Å². The van der Waals surface area contributed by atoms with Crippen molar-refractivity contribution in [1.82, 2.24) is 9.80 Å². The van der Waals surface area contributed by atoms with Crippen LogP contribution in [0.4, 0.5) is 0 Å². The van der Waals surface area contributed by atoms with Gasteiger partial charge in [0.1, 0.15) is 6.10 Å². The van der Waals surface area contributed by atoms with Crippen molar-refractivity contribution in [2.45, 2.75) is 12.5 Å². The minimum atomic E-state index is -3.67. The van der Waals surface area contributed by atoms with E-state index in [1.807, 2.05) is 0 Å². The maximum Gasteiger partial charge on any atom is 0.261 e. The highest BCUT2D eigenvalue weighted by molar-refractivity contribution is 7.85. The number of nitrogens with zero attached hydrogens (tertiary/aromatic N) is 2. The average Bonchev–Trinajstić information content (AvgIpc) is 2.88. The second-order valence-corrected chi connectivity index (χ2v) is 10.2. The van der Waals surface area contributed by atoms with Gasteiger partial charge in [0, 0.05) is 32.7 Å². The molecule has 1 saturated heterocycles. The number of hydrogen-bond donors (Lipinski definition) is 1. The van der Waals surface area contributed by atoms with Crippen LogP contribution in [0.5, 0.6) is 0 Å². The van der Waals surface area contributed by atoms with Gasteiger partial charge in [0.25, 0.3) is 10.1 Å². The minimum absolute atomic E-state index is 0.00962. The first-order valence-electron chi connectivity index (χ1n) is 12.2. The number of rotatable bonds is 9. The molecule has 4 rings (SSSR count). The first-order valence-corrected chi connectivity index (χ1v) is 14.0. The highest BCUT2D eigenvalue weighted by atomic mass is 32.2. The van der Waals surface area contributed by atoms with Crippen molar-refractivity contribution in [3.63, 3.8) is 0 Å². The number of benzene rings is 3. The summed E-state index contributed by atoms with van der Waals surface area (Å²) in [5.41, 5.74) is 3.78. The molecule has 0 amide bonds. The number of allylic oxidation sites excluding steroid dienone is 1. The fourth-order valence-corrected chi connectivity index (χ4v) is 4.03. The van der Waals surface area contributed by atoms with Crippen LogP contribution in [0.15, 0.2) is 103 Å². The summed E-state index contributed by atoms with van der Waals surface area (Å²) in [6.07, 6.45) is 6.24. The van der Waals surface area contributed by atoms with Gasteiger partial charge in [-0.15, -0.1) is 0 Å². The van der Waals surface area contributed by atoms with Crippen LogP contribution in [0.25, 0.3) is 0 Å². The third-order valence-electron chi connectivity index (χ3n) is 5.82. The molecule has 6 nitrogen and oxygen atoms in total. The van der Waals surface area contributed by atoms with Crippen LogP contribution in [0.1, 0.15) is 22.8 Å². The summed E-state index contributed by atoms with van der Waals surface area (Å²) in [6.45, 7) is 6.02. The molecule has 0 aliphatic carbocycles. The number of piperazine rings is 1. The van der Waals surface area contributed by atoms with E-state index in [4.69, 9.17) is 9.29 Å². The van der Waals surface area contributed by atoms with E-state index in [-0.39, 0.29) is 6.10 Å². The van der Waals surface area contributed by atoms with Gasteiger partial charge in [0.15, 0.2) is 0 Å². The molecule has 1 fully saturated rings. The van der Waals surface area contributed by atoms with Gasteiger partial charge in [-0.2, -0.15) is 8.42 Å². The van der Waals surface area contributed by atoms with E-state index in [0.717, 1.165) is 45.8 Å². The summed E-state index contributed by atoms with van der Waals surface area (Å²) < 4.78 is 32.3. The van der Waals surface area contributed by atoms with Crippen LogP contribution in [-0.4, -0.2) is 68.4 Å². The van der Waals surface area contributed by atoms with Gasteiger partial charge in [0.2, 0.25) is 0 Å². The van der Waals surface area contributed by atoms with Gasteiger partial charge in [-0.3, -0.25) is 9.45 Å². The highest BCUT2D eigenvalue weighted by Gasteiger charge is 2.17. The molecule has 1 aliphatic heterocycles. The summed E-state index contributed by atoms with van der Waals surface area (Å²) in [5.74, 6) is 0. The van der Waals surface area contributed by atoms with Crippen molar-refractivity contribution in [2.24, 2.45) is 0 Å². The monoisotopic (exact) mass is 508 g/mol. The molecule has 0 aromatic heterocycles. The van der Waals surface area contributed by atoms with Crippen molar-refractivity contribution in [3.05, 3.63) is 120 Å². The summed E-state index contributed by atoms with van der Waals surface area (Å²) in [6, 6.07) is 31.7. The largest absolute Gasteiger partial charge is 0.375 e. The van der Waals surface area contributed by atoms with Crippen molar-refractivity contribution in [3.8, 4) is 0 Å². The molecule has 3 aromatic carbocycles. The van der Waals surface area contributed by atoms with Gasteiger partial charge in [0.05, 0.1) is 12.9 Å². The molecule has 0 spiro atoms. The summed E-state index contributed by atoms with van der Waals surface area (Å²) in [4.78, 5) is 4.94. The molecule has 192 valence electrons. The second kappa shape index (κ2) is 14.6. The van der Waals surface area contributed by atoms with Gasteiger partial charge in [-0.1, -0.05) is 97.1 Å². The van der Waals surface area contributed by atoms with E-state index in [1.165, 1.54) is 16.7 Å². The van der Waals surface area contributed by atoms with Crippen LogP contribution in [0.2, 0.25) is 0 Å². The molecule has 0 atom stereocenters. The molecule has 0 bridgehead atoms. The highest BCUT2D eigenvalue weighted by Crippen LogP contribution is 2.25.